The Morgan fingerprint density at radius 1 is 1.36 bits per heavy atom. The van der Waals surface area contributed by atoms with Gasteiger partial charge in [-0.25, -0.2) is 0 Å². The average Bonchev–Trinajstić information content (AvgIpc) is 1.82. The number of carbonyl (C=O) groups is 2. The van der Waals surface area contributed by atoms with Gasteiger partial charge in [0.1, 0.15) is 6.04 Å². The zero-order chi connectivity index (χ0) is 8.15. The molecule has 4 N–H and O–H groups in total. The monoisotopic (exact) mass is 261 g/mol. The van der Waals surface area contributed by atoms with Crippen LogP contribution >= 0.6 is 0 Å². The minimum atomic E-state index is -1.17. The van der Waals surface area contributed by atoms with Gasteiger partial charge in [-0.3, -0.25) is 9.59 Å². The molecule has 0 unspecified atom stereocenters. The summed E-state index contributed by atoms with van der Waals surface area (Å²) in [5, 5.41) is 16.3. The fourth-order valence-corrected chi connectivity index (χ4v) is 0.402. The van der Waals surface area contributed by atoms with Gasteiger partial charge in [-0.2, -0.15) is 0 Å². The predicted molar refractivity (Wildman–Crippen MR) is 32.5 cm³/mol. The van der Waals surface area contributed by atoms with Gasteiger partial charge in [0.15, 0.2) is 0 Å². The Kier molecular flexibility index (Phi) is 7.96. The van der Waals surface area contributed by atoms with Crippen molar-refractivity contribution in [2.75, 3.05) is 0 Å². The quantitative estimate of drug-likeness (QED) is 0.577. The van der Waals surface area contributed by atoms with E-state index < -0.39 is 18.0 Å². The van der Waals surface area contributed by atoms with Gasteiger partial charge >= 0.3 is 11.9 Å². The third-order valence-corrected chi connectivity index (χ3v) is 0.986. The summed E-state index contributed by atoms with van der Waals surface area (Å²) in [5.74, 6) is -2.20. The van der Waals surface area contributed by atoms with Crippen molar-refractivity contribution < 1.29 is 47.1 Å². The van der Waals surface area contributed by atoms with E-state index in [1.54, 1.807) is 0 Å². The molecule has 5 nitrogen and oxygen atoms in total. The molecule has 6 heteroatoms. The second-order valence-electron chi connectivity index (χ2n) is 1.88. The summed E-state index contributed by atoms with van der Waals surface area (Å²) in [6.45, 7) is 0. The van der Waals surface area contributed by atoms with Gasteiger partial charge < -0.3 is 15.9 Å². The molecule has 0 heterocycles. The fraction of sp³-hybridized carbons (Fsp3) is 0.600. The van der Waals surface area contributed by atoms with E-state index in [-0.39, 0.29) is 40.1 Å². The maximum absolute atomic E-state index is 9.99. The van der Waals surface area contributed by atoms with Crippen molar-refractivity contribution in [1.82, 2.24) is 0 Å². The van der Waals surface area contributed by atoms with Crippen molar-refractivity contribution >= 4 is 11.9 Å². The molecule has 0 rings (SSSR count). The van der Waals surface area contributed by atoms with Crippen LogP contribution in [0.5, 0.6) is 0 Å². The second kappa shape index (κ2) is 6.53. The first kappa shape index (κ1) is 13.4. The van der Waals surface area contributed by atoms with Crippen LogP contribution in [0, 0.1) is 0 Å². The van der Waals surface area contributed by atoms with Crippen LogP contribution in [0.2, 0.25) is 0 Å². The first-order valence-electron chi connectivity index (χ1n) is 2.74. The standard InChI is InChI=1S/C5H9NO4.Cd/c6-3(5(9)10)1-2-4(7)8;/h3H,1-2,6H2,(H,7,8)(H,9,10);/t3-;/m1./s1. The molecule has 0 aromatic carbocycles. The van der Waals surface area contributed by atoms with Crippen LogP contribution in [-0.2, 0) is 36.9 Å². The first-order chi connectivity index (χ1) is 4.54. The third-order valence-electron chi connectivity index (χ3n) is 0.986. The molecule has 0 aliphatic carbocycles. The number of rotatable bonds is 4. The molecule has 11 heavy (non-hydrogen) atoms. The van der Waals surface area contributed by atoms with Crippen LogP contribution in [0.15, 0.2) is 0 Å². The van der Waals surface area contributed by atoms with Crippen molar-refractivity contribution in [3.8, 4) is 0 Å². The van der Waals surface area contributed by atoms with Crippen molar-refractivity contribution in [3.63, 3.8) is 0 Å². The van der Waals surface area contributed by atoms with Gasteiger partial charge in [-0.05, 0) is 6.42 Å². The summed E-state index contributed by atoms with van der Waals surface area (Å²) in [6.07, 6.45) is -0.224. The molecule has 1 atom stereocenters. The molecular weight excluding hydrogens is 250 g/mol. The zero-order valence-corrected chi connectivity index (χ0v) is 10.0. The van der Waals surface area contributed by atoms with Gasteiger partial charge in [-0.15, -0.1) is 0 Å². The number of carboxylic acid groups (broad SMARTS) is 2. The smallest absolute Gasteiger partial charge is 0.320 e. The molecular formula is C5H9CdNO4. The Labute approximate surface area is 83.7 Å². The van der Waals surface area contributed by atoms with Gasteiger partial charge in [0.2, 0.25) is 0 Å². The number of nitrogens with two attached hydrogens (primary N) is 1. The SMILES string of the molecule is N[C@H](CCC(=O)O)C(=O)O.[Cd]. The fourth-order valence-electron chi connectivity index (χ4n) is 0.402. The van der Waals surface area contributed by atoms with Gasteiger partial charge in [0.25, 0.3) is 0 Å². The topological polar surface area (TPSA) is 101 Å². The zero-order valence-electron chi connectivity index (χ0n) is 5.99. The maximum Gasteiger partial charge on any atom is 0.320 e. The second-order valence-corrected chi connectivity index (χ2v) is 1.88. The van der Waals surface area contributed by atoms with Gasteiger partial charge in [0.05, 0.1) is 0 Å². The molecule has 0 spiro atoms. The largest absolute Gasteiger partial charge is 0.481 e. The normalized spacial score (nSPS) is 11.4. The van der Waals surface area contributed by atoms with Crippen LogP contribution in [0.1, 0.15) is 12.8 Å². The Hall–Kier alpha value is -0.178. The molecule has 0 aliphatic heterocycles. The van der Waals surface area contributed by atoms with Crippen molar-refractivity contribution in [2.24, 2.45) is 5.73 Å². The Bertz CT molecular complexity index is 149. The minimum Gasteiger partial charge on any atom is -0.481 e. The van der Waals surface area contributed by atoms with Crippen molar-refractivity contribution in [1.29, 1.82) is 0 Å². The summed E-state index contributed by atoms with van der Waals surface area (Å²) in [6, 6.07) is -1.06. The molecule has 60 valence electrons. The molecule has 0 aromatic rings. The molecule has 0 amide bonds. The molecule has 0 saturated heterocycles. The molecule has 0 saturated carbocycles. The van der Waals surface area contributed by atoms with E-state index in [1.807, 2.05) is 0 Å². The molecule has 0 aromatic heterocycles. The predicted octanol–water partition coefficient (Wildman–Crippen LogP) is -0.739. The van der Waals surface area contributed by atoms with E-state index >= 15 is 0 Å². The van der Waals surface area contributed by atoms with Crippen LogP contribution in [0.25, 0.3) is 0 Å². The van der Waals surface area contributed by atoms with Crippen LogP contribution < -0.4 is 5.73 Å². The minimum absolute atomic E-state index is 0. The number of hydrogen-bond donors (Lipinski definition) is 3. The van der Waals surface area contributed by atoms with Crippen LogP contribution in [0.4, 0.5) is 0 Å². The van der Waals surface area contributed by atoms with E-state index in [1.165, 1.54) is 0 Å². The summed E-state index contributed by atoms with van der Waals surface area (Å²) in [7, 11) is 0. The van der Waals surface area contributed by atoms with Crippen LogP contribution in [0.3, 0.4) is 0 Å². The summed E-state index contributed by atoms with van der Waals surface area (Å²) in [5.41, 5.74) is 5.00. The van der Waals surface area contributed by atoms with E-state index in [0.29, 0.717) is 0 Å². The van der Waals surface area contributed by atoms with Gasteiger partial charge in [-0.1, -0.05) is 0 Å². The average molecular weight is 260 g/mol. The van der Waals surface area contributed by atoms with E-state index in [0.717, 1.165) is 0 Å². The Morgan fingerprint density at radius 3 is 2.09 bits per heavy atom. The molecule has 0 fully saturated rings. The number of aliphatic carboxylic acids is 2. The molecule has 0 radical (unpaired) electrons. The van der Waals surface area contributed by atoms with E-state index in [2.05, 4.69) is 0 Å². The van der Waals surface area contributed by atoms with Gasteiger partial charge in [0, 0.05) is 33.7 Å². The third kappa shape index (κ3) is 7.72. The maximum atomic E-state index is 9.99. The summed E-state index contributed by atoms with van der Waals surface area (Å²) >= 11 is 0. The number of hydrogen-bond acceptors (Lipinski definition) is 3. The number of carboxylic acids is 2. The van der Waals surface area contributed by atoms with E-state index in [9.17, 15) is 9.59 Å². The Balaban J connectivity index is 0. The van der Waals surface area contributed by atoms with Crippen molar-refractivity contribution in [2.45, 2.75) is 18.9 Å². The Morgan fingerprint density at radius 2 is 1.82 bits per heavy atom. The van der Waals surface area contributed by atoms with E-state index in [4.69, 9.17) is 15.9 Å². The summed E-state index contributed by atoms with van der Waals surface area (Å²) < 4.78 is 0. The van der Waals surface area contributed by atoms with Crippen LogP contribution in [-0.4, -0.2) is 28.2 Å². The first-order valence-corrected chi connectivity index (χ1v) is 2.74. The van der Waals surface area contributed by atoms with Crippen molar-refractivity contribution in [3.05, 3.63) is 0 Å². The molecule has 0 aliphatic rings. The summed E-state index contributed by atoms with van der Waals surface area (Å²) in [4.78, 5) is 19.9. The molecule has 0 bridgehead atoms.